The van der Waals surface area contributed by atoms with Gasteiger partial charge in [-0.15, -0.1) is 0 Å². The predicted molar refractivity (Wildman–Crippen MR) is 137 cm³/mol. The first kappa shape index (κ1) is 24.0. The summed E-state index contributed by atoms with van der Waals surface area (Å²) in [6.07, 6.45) is 5.47. The lowest BCUT2D eigenvalue weighted by atomic mass is 10.0. The smallest absolute Gasteiger partial charge is 0.274 e. The van der Waals surface area contributed by atoms with Crippen molar-refractivity contribution in [3.63, 3.8) is 0 Å². The summed E-state index contributed by atoms with van der Waals surface area (Å²) in [6.45, 7) is 2.77. The molecule has 3 amide bonds. The number of hydrogen-bond donors (Lipinski definition) is 2. The van der Waals surface area contributed by atoms with E-state index in [1.54, 1.807) is 17.0 Å². The van der Waals surface area contributed by atoms with Crippen molar-refractivity contribution in [3.05, 3.63) is 89.6 Å². The summed E-state index contributed by atoms with van der Waals surface area (Å²) in [7, 11) is 0. The lowest BCUT2D eigenvalue weighted by molar-refractivity contribution is 0.0692. The highest BCUT2D eigenvalue weighted by atomic mass is 16.2. The van der Waals surface area contributed by atoms with Crippen LogP contribution in [0.3, 0.4) is 0 Å². The monoisotopic (exact) mass is 495 g/mol. The van der Waals surface area contributed by atoms with Crippen LogP contribution in [0.15, 0.2) is 67.1 Å². The number of hydrogen-bond acceptors (Lipinski definition) is 7. The van der Waals surface area contributed by atoms with Crippen LogP contribution in [0, 0.1) is 6.92 Å². The third kappa shape index (κ3) is 5.27. The molecule has 3 heterocycles. The number of carbonyl (C=O) groups is 3. The summed E-state index contributed by atoms with van der Waals surface area (Å²) in [4.78, 5) is 57.5. The van der Waals surface area contributed by atoms with E-state index in [9.17, 15) is 14.4 Å². The molecule has 0 aliphatic carbocycles. The van der Waals surface area contributed by atoms with Crippen LogP contribution in [0.2, 0.25) is 0 Å². The second-order valence-corrected chi connectivity index (χ2v) is 8.81. The van der Waals surface area contributed by atoms with Gasteiger partial charge in [0.1, 0.15) is 5.69 Å². The molecule has 2 aromatic heterocycles. The Morgan fingerprint density at radius 2 is 1.57 bits per heavy atom. The fourth-order valence-corrected chi connectivity index (χ4v) is 4.30. The first-order valence-corrected chi connectivity index (χ1v) is 12.0. The number of fused-ring (bicyclic) bond motifs is 1. The van der Waals surface area contributed by atoms with Gasteiger partial charge in [-0.25, -0.2) is 15.0 Å². The van der Waals surface area contributed by atoms with E-state index in [-0.39, 0.29) is 29.4 Å². The number of carbonyl (C=O) groups excluding carboxylic acids is 3. The SMILES string of the molecule is Cc1ccccc1C(=O)Nc1nccnc1C(=O)NC1CCN(C(=O)c2cnc3ccccc3n2)CC1. The largest absolute Gasteiger partial charge is 0.348 e. The number of likely N-dealkylation sites (tertiary alicyclic amines) is 1. The van der Waals surface area contributed by atoms with Crippen LogP contribution in [-0.2, 0) is 0 Å². The van der Waals surface area contributed by atoms with Crippen molar-refractivity contribution in [1.29, 1.82) is 0 Å². The third-order valence-electron chi connectivity index (χ3n) is 6.32. The highest BCUT2D eigenvalue weighted by Gasteiger charge is 2.27. The lowest BCUT2D eigenvalue weighted by Gasteiger charge is -2.32. The fourth-order valence-electron chi connectivity index (χ4n) is 4.30. The van der Waals surface area contributed by atoms with Crippen LogP contribution < -0.4 is 10.6 Å². The molecule has 10 nitrogen and oxygen atoms in total. The van der Waals surface area contributed by atoms with Crippen LogP contribution in [0.4, 0.5) is 5.82 Å². The molecule has 186 valence electrons. The molecular formula is C27H25N7O3. The summed E-state index contributed by atoms with van der Waals surface area (Å²) in [6, 6.07) is 14.4. The first-order valence-electron chi connectivity index (χ1n) is 12.0. The average Bonchev–Trinajstić information content (AvgIpc) is 2.93. The summed E-state index contributed by atoms with van der Waals surface area (Å²) >= 11 is 0. The minimum absolute atomic E-state index is 0.0365. The number of benzene rings is 2. The Hall–Kier alpha value is -4.73. The molecule has 4 aromatic rings. The van der Waals surface area contributed by atoms with E-state index in [2.05, 4.69) is 30.6 Å². The van der Waals surface area contributed by atoms with E-state index < -0.39 is 5.91 Å². The van der Waals surface area contributed by atoms with Gasteiger partial charge in [0.15, 0.2) is 11.5 Å². The van der Waals surface area contributed by atoms with Gasteiger partial charge in [-0.2, -0.15) is 0 Å². The lowest BCUT2D eigenvalue weighted by Crippen LogP contribution is -2.47. The topological polar surface area (TPSA) is 130 Å². The Balaban J connectivity index is 1.20. The maximum atomic E-state index is 13.0. The van der Waals surface area contributed by atoms with Crippen molar-refractivity contribution in [3.8, 4) is 0 Å². The molecular weight excluding hydrogens is 470 g/mol. The average molecular weight is 496 g/mol. The predicted octanol–water partition coefficient (Wildman–Crippen LogP) is 3.02. The number of amides is 3. The summed E-state index contributed by atoms with van der Waals surface area (Å²) in [5.74, 6) is -0.886. The zero-order valence-electron chi connectivity index (χ0n) is 20.2. The van der Waals surface area contributed by atoms with E-state index in [0.29, 0.717) is 42.7 Å². The van der Waals surface area contributed by atoms with Crippen LogP contribution in [0.5, 0.6) is 0 Å². The molecule has 0 spiro atoms. The van der Waals surface area contributed by atoms with Gasteiger partial charge in [0.05, 0.1) is 17.2 Å². The van der Waals surface area contributed by atoms with E-state index in [1.807, 2.05) is 43.3 Å². The third-order valence-corrected chi connectivity index (χ3v) is 6.32. The van der Waals surface area contributed by atoms with Gasteiger partial charge >= 0.3 is 0 Å². The van der Waals surface area contributed by atoms with Gasteiger partial charge < -0.3 is 15.5 Å². The fraction of sp³-hybridized carbons (Fsp3) is 0.222. The molecule has 1 fully saturated rings. The number of nitrogens with zero attached hydrogens (tertiary/aromatic N) is 5. The van der Waals surface area contributed by atoms with Gasteiger partial charge in [0.25, 0.3) is 17.7 Å². The van der Waals surface area contributed by atoms with Crippen molar-refractivity contribution in [2.45, 2.75) is 25.8 Å². The molecule has 37 heavy (non-hydrogen) atoms. The molecule has 0 unspecified atom stereocenters. The van der Waals surface area contributed by atoms with Crippen molar-refractivity contribution < 1.29 is 14.4 Å². The molecule has 0 bridgehead atoms. The highest BCUT2D eigenvalue weighted by molar-refractivity contribution is 6.08. The second kappa shape index (κ2) is 10.5. The number of piperidine rings is 1. The molecule has 5 rings (SSSR count). The molecule has 1 aliphatic rings. The van der Waals surface area contributed by atoms with E-state index in [4.69, 9.17) is 0 Å². The van der Waals surface area contributed by atoms with Crippen molar-refractivity contribution in [2.24, 2.45) is 0 Å². The van der Waals surface area contributed by atoms with Gasteiger partial charge in [-0.05, 0) is 43.5 Å². The van der Waals surface area contributed by atoms with E-state index in [0.717, 1.165) is 11.1 Å². The number of para-hydroxylation sites is 2. The molecule has 0 radical (unpaired) electrons. The molecule has 2 aromatic carbocycles. The molecule has 1 saturated heterocycles. The number of anilines is 1. The maximum absolute atomic E-state index is 13.0. The van der Waals surface area contributed by atoms with Gasteiger partial charge in [0, 0.05) is 37.1 Å². The zero-order valence-corrected chi connectivity index (χ0v) is 20.2. The Bertz CT molecular complexity index is 1480. The first-order chi connectivity index (χ1) is 18.0. The standard InChI is InChI=1S/C27H25N7O3/c1-17-6-2-3-7-19(17)25(35)33-24-23(28-12-13-29-24)26(36)31-18-10-14-34(15-11-18)27(37)22-16-30-20-8-4-5-9-21(20)32-22/h2-9,12-13,16,18H,10-11,14-15H2,1H3,(H,31,36)(H,29,33,35). The quantitative estimate of drug-likeness (QED) is 0.435. The minimum atomic E-state index is -0.432. The van der Waals surface area contributed by atoms with E-state index >= 15 is 0 Å². The highest BCUT2D eigenvalue weighted by Crippen LogP contribution is 2.17. The van der Waals surface area contributed by atoms with Crippen molar-refractivity contribution in [1.82, 2.24) is 30.2 Å². The normalized spacial score (nSPS) is 13.8. The molecule has 10 heteroatoms. The number of aryl methyl sites for hydroxylation is 1. The summed E-state index contributed by atoms with van der Waals surface area (Å²) in [5, 5.41) is 5.66. The van der Waals surface area contributed by atoms with Gasteiger partial charge in [0.2, 0.25) is 0 Å². The summed E-state index contributed by atoms with van der Waals surface area (Å²) < 4.78 is 0. The minimum Gasteiger partial charge on any atom is -0.348 e. The zero-order chi connectivity index (χ0) is 25.8. The Morgan fingerprint density at radius 3 is 2.35 bits per heavy atom. The summed E-state index contributed by atoms with van der Waals surface area (Å²) in [5.41, 5.74) is 3.05. The van der Waals surface area contributed by atoms with Crippen LogP contribution in [0.25, 0.3) is 11.0 Å². The Labute approximate surface area is 213 Å². The van der Waals surface area contributed by atoms with Crippen molar-refractivity contribution >= 4 is 34.6 Å². The molecule has 1 aliphatic heterocycles. The van der Waals surface area contributed by atoms with Crippen molar-refractivity contribution in [2.75, 3.05) is 18.4 Å². The van der Waals surface area contributed by atoms with Crippen LogP contribution >= 0.6 is 0 Å². The molecule has 2 N–H and O–H groups in total. The Kier molecular flexibility index (Phi) is 6.80. The van der Waals surface area contributed by atoms with Gasteiger partial charge in [-0.3, -0.25) is 19.4 Å². The number of rotatable bonds is 5. The Morgan fingerprint density at radius 1 is 0.865 bits per heavy atom. The van der Waals surface area contributed by atoms with E-state index in [1.165, 1.54) is 18.6 Å². The van der Waals surface area contributed by atoms with Gasteiger partial charge in [-0.1, -0.05) is 30.3 Å². The van der Waals surface area contributed by atoms with Crippen LogP contribution in [0.1, 0.15) is 49.7 Å². The van der Waals surface area contributed by atoms with Crippen LogP contribution in [-0.4, -0.2) is 61.7 Å². The number of aromatic nitrogens is 4. The molecule has 0 saturated carbocycles. The maximum Gasteiger partial charge on any atom is 0.274 e. The second-order valence-electron chi connectivity index (χ2n) is 8.81. The number of nitrogens with one attached hydrogen (secondary N) is 2. The molecule has 0 atom stereocenters.